The first-order chi connectivity index (χ1) is 8.04. The summed E-state index contributed by atoms with van der Waals surface area (Å²) >= 11 is 0. The third-order valence-electron chi connectivity index (χ3n) is 1.89. The van der Waals surface area contributed by atoms with Crippen molar-refractivity contribution in [1.29, 1.82) is 0 Å². The van der Waals surface area contributed by atoms with Gasteiger partial charge in [-0.2, -0.15) is 0 Å². The molecule has 0 rings (SSSR count). The Kier molecular flexibility index (Phi) is 5.58. The molecule has 0 aliphatic carbocycles. The molecule has 18 heavy (non-hydrogen) atoms. The first-order valence-electron chi connectivity index (χ1n) is 4.56. The van der Waals surface area contributed by atoms with Crippen LogP contribution in [-0.2, 0) is 29.3 Å². The lowest BCUT2D eigenvalue weighted by molar-refractivity contribution is -0.126. The highest BCUT2D eigenvalue weighted by Gasteiger charge is 2.28. The summed E-state index contributed by atoms with van der Waals surface area (Å²) in [5.41, 5.74) is 5.19. The van der Waals surface area contributed by atoms with Crippen LogP contribution in [0.3, 0.4) is 0 Å². The van der Waals surface area contributed by atoms with Crippen LogP contribution in [0.4, 0.5) is 0 Å². The highest BCUT2D eigenvalue weighted by molar-refractivity contribution is 7.95. The van der Waals surface area contributed by atoms with Gasteiger partial charge in [0.25, 0.3) is 0 Å². The third-order valence-corrected chi connectivity index (χ3v) is 4.28. The summed E-state index contributed by atoms with van der Waals surface area (Å²) in [6.45, 7) is 5.97. The van der Waals surface area contributed by atoms with Crippen LogP contribution in [0, 0.1) is 0 Å². The van der Waals surface area contributed by atoms with E-state index in [0.29, 0.717) is 10.8 Å². The zero-order chi connectivity index (χ0) is 14.6. The number of hydrogen-bond acceptors (Lipinski definition) is 7. The molecule has 7 nitrogen and oxygen atoms in total. The third kappa shape index (κ3) is 5.34. The lowest BCUT2D eigenvalue weighted by Gasteiger charge is -2.08. The molecule has 0 aromatic carbocycles. The van der Waals surface area contributed by atoms with Gasteiger partial charge in [0.1, 0.15) is 17.5 Å². The van der Waals surface area contributed by atoms with Gasteiger partial charge in [0.15, 0.2) is 31.2 Å². The van der Waals surface area contributed by atoms with Gasteiger partial charge in [-0.25, -0.2) is 16.8 Å². The van der Waals surface area contributed by atoms with Crippen LogP contribution in [0.1, 0.15) is 0 Å². The maximum Gasteiger partial charge on any atom is 0.178 e. The van der Waals surface area contributed by atoms with Crippen molar-refractivity contribution in [3.8, 4) is 0 Å². The molecule has 0 atom stereocenters. The van der Waals surface area contributed by atoms with Crippen molar-refractivity contribution in [1.82, 2.24) is 0 Å². The number of Topliss-reactive ketones (excluding diaryl/α,β-unsaturated/α-hetero) is 2. The predicted molar refractivity (Wildman–Crippen MR) is 66.0 cm³/mol. The minimum atomic E-state index is -3.83. The van der Waals surface area contributed by atoms with Gasteiger partial charge in [0.2, 0.25) is 0 Å². The Balaban J connectivity index is 4.82. The van der Waals surface area contributed by atoms with E-state index in [9.17, 15) is 26.4 Å². The number of nitrogens with two attached hydrogens (primary N) is 1. The van der Waals surface area contributed by atoms with Crippen LogP contribution in [0.2, 0.25) is 0 Å². The summed E-state index contributed by atoms with van der Waals surface area (Å²) in [4.78, 5) is 22.7. The fourth-order valence-corrected chi connectivity index (χ4v) is 2.26. The van der Waals surface area contributed by atoms with Gasteiger partial charge in [0.05, 0.1) is 0 Å². The van der Waals surface area contributed by atoms with Gasteiger partial charge >= 0.3 is 0 Å². The Morgan fingerprint density at radius 3 is 1.44 bits per heavy atom. The average Bonchev–Trinajstić information content (AvgIpc) is 2.26. The molecule has 9 heteroatoms. The SMILES string of the molecule is C=CS(=O)(=O)CC(=O)C(N)C(=O)CS(=O)(=O)C=C. The van der Waals surface area contributed by atoms with Gasteiger partial charge in [-0.15, -0.1) is 0 Å². The van der Waals surface area contributed by atoms with Crippen LogP contribution in [0.15, 0.2) is 24.0 Å². The zero-order valence-corrected chi connectivity index (χ0v) is 11.0. The number of hydrogen-bond donors (Lipinski definition) is 1. The van der Waals surface area contributed by atoms with Crippen molar-refractivity contribution < 1.29 is 26.4 Å². The van der Waals surface area contributed by atoms with E-state index in [4.69, 9.17) is 5.73 Å². The molecule has 0 amide bonds. The standard InChI is InChI=1S/C9H13NO6S2/c1-3-17(13,14)5-7(11)9(10)8(12)6-18(15,16)4-2/h3-4,9H,1-2,5-6,10H2. The van der Waals surface area contributed by atoms with E-state index in [1.165, 1.54) is 0 Å². The molecule has 0 saturated heterocycles. The highest BCUT2D eigenvalue weighted by atomic mass is 32.2. The zero-order valence-electron chi connectivity index (χ0n) is 9.40. The quantitative estimate of drug-likeness (QED) is 0.543. The molecule has 0 spiro atoms. The molecular weight excluding hydrogens is 282 g/mol. The van der Waals surface area contributed by atoms with Crippen molar-refractivity contribution in [2.45, 2.75) is 6.04 Å². The van der Waals surface area contributed by atoms with E-state index in [0.717, 1.165) is 0 Å². The first-order valence-corrected chi connectivity index (χ1v) is 7.99. The molecule has 0 radical (unpaired) electrons. The molecule has 0 saturated carbocycles. The highest BCUT2D eigenvalue weighted by Crippen LogP contribution is 1.99. The van der Waals surface area contributed by atoms with Gasteiger partial charge in [-0.05, 0) is 0 Å². The summed E-state index contributed by atoms with van der Waals surface area (Å²) in [6.07, 6.45) is 0. The van der Waals surface area contributed by atoms with Crippen LogP contribution >= 0.6 is 0 Å². The summed E-state index contributed by atoms with van der Waals surface area (Å²) in [5, 5.41) is 1.12. The van der Waals surface area contributed by atoms with Crippen molar-refractivity contribution >= 4 is 31.2 Å². The molecule has 2 N–H and O–H groups in total. The molecule has 0 unspecified atom stereocenters. The Bertz CT molecular complexity index is 520. The number of carbonyl (C=O) groups is 2. The normalized spacial score (nSPS) is 12.1. The van der Waals surface area contributed by atoms with Crippen LogP contribution in [0.5, 0.6) is 0 Å². The van der Waals surface area contributed by atoms with Gasteiger partial charge in [0, 0.05) is 10.8 Å². The monoisotopic (exact) mass is 295 g/mol. The average molecular weight is 295 g/mol. The molecule has 0 aromatic rings. The molecular formula is C9H13NO6S2. The fraction of sp³-hybridized carbons (Fsp3) is 0.333. The second-order valence-corrected chi connectivity index (χ2v) is 7.25. The van der Waals surface area contributed by atoms with Gasteiger partial charge in [-0.1, -0.05) is 13.2 Å². The van der Waals surface area contributed by atoms with E-state index in [1.807, 2.05) is 0 Å². The Morgan fingerprint density at radius 2 is 1.22 bits per heavy atom. The van der Waals surface area contributed by atoms with Gasteiger partial charge < -0.3 is 5.73 Å². The molecule has 0 aromatic heterocycles. The Morgan fingerprint density at radius 1 is 0.944 bits per heavy atom. The molecule has 0 fully saturated rings. The van der Waals surface area contributed by atoms with E-state index < -0.39 is 48.8 Å². The van der Waals surface area contributed by atoms with Crippen LogP contribution < -0.4 is 5.73 Å². The summed E-state index contributed by atoms with van der Waals surface area (Å²) < 4.78 is 44.2. The second-order valence-electron chi connectivity index (χ2n) is 3.36. The molecule has 0 heterocycles. The Labute approximate surface area is 105 Å². The minimum Gasteiger partial charge on any atom is -0.315 e. The molecule has 0 bridgehead atoms. The van der Waals surface area contributed by atoms with Crippen molar-refractivity contribution in [2.24, 2.45) is 5.73 Å². The predicted octanol–water partition coefficient (Wildman–Crippen LogP) is -1.43. The van der Waals surface area contributed by atoms with Crippen LogP contribution in [0.25, 0.3) is 0 Å². The summed E-state index contributed by atoms with van der Waals surface area (Å²) in [7, 11) is -7.67. The van der Waals surface area contributed by atoms with E-state index >= 15 is 0 Å². The number of ketones is 2. The largest absolute Gasteiger partial charge is 0.315 e. The van der Waals surface area contributed by atoms with Crippen molar-refractivity contribution in [3.05, 3.63) is 24.0 Å². The number of carbonyl (C=O) groups excluding carboxylic acids is 2. The van der Waals surface area contributed by atoms with E-state index in [2.05, 4.69) is 13.2 Å². The molecule has 0 aliphatic heterocycles. The number of rotatable bonds is 8. The minimum absolute atomic E-state index is 0.558. The van der Waals surface area contributed by atoms with Crippen LogP contribution in [-0.4, -0.2) is 45.9 Å². The van der Waals surface area contributed by atoms with Gasteiger partial charge in [-0.3, -0.25) is 9.59 Å². The van der Waals surface area contributed by atoms with Crippen molar-refractivity contribution in [2.75, 3.05) is 11.5 Å². The summed E-state index contributed by atoms with van der Waals surface area (Å²) in [6, 6.07) is -1.80. The smallest absolute Gasteiger partial charge is 0.178 e. The summed E-state index contributed by atoms with van der Waals surface area (Å²) in [5.74, 6) is -4.15. The molecule has 102 valence electrons. The maximum absolute atomic E-state index is 11.3. The second kappa shape index (κ2) is 6.03. The van der Waals surface area contributed by atoms with E-state index in [1.54, 1.807) is 0 Å². The van der Waals surface area contributed by atoms with E-state index in [-0.39, 0.29) is 0 Å². The maximum atomic E-state index is 11.3. The first kappa shape index (κ1) is 16.7. The lowest BCUT2D eigenvalue weighted by Crippen LogP contribution is -2.44. The fourth-order valence-electron chi connectivity index (χ4n) is 0.874. The number of sulfone groups is 2. The Hall–Kier alpha value is -1.32. The topological polar surface area (TPSA) is 128 Å². The van der Waals surface area contributed by atoms with Crippen molar-refractivity contribution in [3.63, 3.8) is 0 Å². The molecule has 0 aliphatic rings. The lowest BCUT2D eigenvalue weighted by atomic mass is 10.1.